The number of carbonyl (C=O) groups excluding carboxylic acids is 1. The van der Waals surface area contributed by atoms with Crippen molar-refractivity contribution in [2.75, 3.05) is 6.61 Å². The fourth-order valence-electron chi connectivity index (χ4n) is 1.98. The van der Waals surface area contributed by atoms with E-state index in [0.717, 1.165) is 23.0 Å². The number of hydrogen-bond acceptors (Lipinski definition) is 2. The van der Waals surface area contributed by atoms with Crippen LogP contribution in [0.15, 0.2) is 24.3 Å². The number of rotatable bonds is 3. The molecule has 0 bridgehead atoms. The molecule has 1 heterocycles. The Morgan fingerprint density at radius 3 is 2.76 bits per heavy atom. The lowest BCUT2D eigenvalue weighted by Gasteiger charge is -2.19. The fraction of sp³-hybridized carbons (Fsp3) is 0.462. The van der Waals surface area contributed by atoms with Crippen LogP contribution in [0.4, 0.5) is 0 Å². The average molecular weight is 345 g/mol. The summed E-state index contributed by atoms with van der Waals surface area (Å²) in [5.74, 6) is -0.0237. The zero-order valence-corrected chi connectivity index (χ0v) is 11.9. The van der Waals surface area contributed by atoms with Crippen LogP contribution in [0, 0.1) is 3.57 Å². The summed E-state index contributed by atoms with van der Waals surface area (Å²) in [4.78, 5) is 12.0. The molecule has 1 saturated heterocycles. The Balaban J connectivity index is 1.94. The molecule has 1 amide bonds. The van der Waals surface area contributed by atoms with Gasteiger partial charge in [-0.25, -0.2) is 0 Å². The van der Waals surface area contributed by atoms with Gasteiger partial charge in [0, 0.05) is 15.7 Å². The van der Waals surface area contributed by atoms with E-state index in [0.29, 0.717) is 5.56 Å². The normalized spacial score (nSPS) is 21.2. The Kier molecular flexibility index (Phi) is 4.39. The van der Waals surface area contributed by atoms with E-state index in [2.05, 4.69) is 27.9 Å². The summed E-state index contributed by atoms with van der Waals surface area (Å²) in [6, 6.07) is 7.64. The molecule has 2 unspecified atom stereocenters. The minimum Gasteiger partial charge on any atom is -0.376 e. The van der Waals surface area contributed by atoms with E-state index >= 15 is 0 Å². The second-order valence-electron chi connectivity index (χ2n) is 4.32. The summed E-state index contributed by atoms with van der Waals surface area (Å²) < 4.78 is 6.69. The smallest absolute Gasteiger partial charge is 0.251 e. The molecule has 2 rings (SSSR count). The third-order valence-electron chi connectivity index (χ3n) is 2.99. The van der Waals surface area contributed by atoms with Gasteiger partial charge in [-0.1, -0.05) is 0 Å². The number of hydrogen-bond donors (Lipinski definition) is 1. The predicted octanol–water partition coefficient (Wildman–Crippen LogP) is 2.59. The van der Waals surface area contributed by atoms with E-state index in [1.54, 1.807) is 0 Å². The number of halogens is 1. The Hall–Kier alpha value is -0.620. The van der Waals surface area contributed by atoms with Gasteiger partial charge < -0.3 is 10.1 Å². The topological polar surface area (TPSA) is 38.3 Å². The van der Waals surface area contributed by atoms with Crippen LogP contribution in [0.2, 0.25) is 0 Å². The van der Waals surface area contributed by atoms with Gasteiger partial charge >= 0.3 is 0 Å². The van der Waals surface area contributed by atoms with E-state index < -0.39 is 0 Å². The Morgan fingerprint density at radius 1 is 1.47 bits per heavy atom. The van der Waals surface area contributed by atoms with Gasteiger partial charge in [0.05, 0.1) is 12.1 Å². The maximum atomic E-state index is 12.0. The van der Waals surface area contributed by atoms with E-state index in [4.69, 9.17) is 4.74 Å². The molecule has 1 aromatic carbocycles. The molecule has 17 heavy (non-hydrogen) atoms. The number of carbonyl (C=O) groups is 1. The molecule has 0 aliphatic carbocycles. The molecule has 1 aromatic rings. The van der Waals surface area contributed by atoms with Crippen LogP contribution in [0.5, 0.6) is 0 Å². The summed E-state index contributed by atoms with van der Waals surface area (Å²) in [6.07, 6.45) is 2.30. The van der Waals surface area contributed by atoms with Crippen molar-refractivity contribution in [3.63, 3.8) is 0 Å². The molecule has 3 nitrogen and oxygen atoms in total. The number of benzene rings is 1. The van der Waals surface area contributed by atoms with Gasteiger partial charge in [-0.15, -0.1) is 0 Å². The highest BCUT2D eigenvalue weighted by molar-refractivity contribution is 14.1. The highest BCUT2D eigenvalue weighted by Crippen LogP contribution is 2.16. The average Bonchev–Trinajstić information content (AvgIpc) is 2.83. The van der Waals surface area contributed by atoms with Crippen molar-refractivity contribution in [2.45, 2.75) is 31.9 Å². The number of nitrogens with one attached hydrogen (secondary N) is 1. The quantitative estimate of drug-likeness (QED) is 0.856. The van der Waals surface area contributed by atoms with Gasteiger partial charge in [-0.05, 0) is 66.6 Å². The van der Waals surface area contributed by atoms with Gasteiger partial charge in [0.25, 0.3) is 5.91 Å². The minimum atomic E-state index is -0.0237. The lowest BCUT2D eigenvalue weighted by molar-refractivity contribution is 0.0712. The van der Waals surface area contributed by atoms with Crippen LogP contribution in [0.1, 0.15) is 30.1 Å². The SMILES string of the molecule is CC(NC(=O)c1ccc(I)cc1)C1CCCO1. The molecular weight excluding hydrogens is 329 g/mol. The molecule has 0 saturated carbocycles. The van der Waals surface area contributed by atoms with Gasteiger partial charge in [-0.3, -0.25) is 4.79 Å². The first-order chi connectivity index (χ1) is 8.16. The summed E-state index contributed by atoms with van der Waals surface area (Å²) in [5, 5.41) is 2.99. The monoisotopic (exact) mass is 345 g/mol. The molecule has 1 aliphatic rings. The Bertz CT molecular complexity index is 385. The molecule has 0 spiro atoms. The third kappa shape index (κ3) is 3.42. The predicted molar refractivity (Wildman–Crippen MR) is 75.1 cm³/mol. The first-order valence-corrected chi connectivity index (χ1v) is 6.93. The second-order valence-corrected chi connectivity index (χ2v) is 5.57. The first kappa shape index (κ1) is 12.8. The van der Waals surface area contributed by atoms with Crippen LogP contribution >= 0.6 is 22.6 Å². The first-order valence-electron chi connectivity index (χ1n) is 5.85. The Labute approximate surface area is 115 Å². The summed E-state index contributed by atoms with van der Waals surface area (Å²) in [5.41, 5.74) is 0.704. The van der Waals surface area contributed by atoms with Crippen LogP contribution < -0.4 is 5.32 Å². The maximum Gasteiger partial charge on any atom is 0.251 e. The lowest BCUT2D eigenvalue weighted by Crippen LogP contribution is -2.40. The van der Waals surface area contributed by atoms with Crippen LogP contribution in [-0.2, 0) is 4.74 Å². The molecule has 1 fully saturated rings. The molecule has 0 aromatic heterocycles. The third-order valence-corrected chi connectivity index (χ3v) is 3.71. The summed E-state index contributed by atoms with van der Waals surface area (Å²) in [7, 11) is 0. The van der Waals surface area contributed by atoms with Crippen molar-refractivity contribution in [1.82, 2.24) is 5.32 Å². The Morgan fingerprint density at radius 2 is 2.18 bits per heavy atom. The van der Waals surface area contributed by atoms with Crippen molar-refractivity contribution >= 4 is 28.5 Å². The van der Waals surface area contributed by atoms with Crippen molar-refractivity contribution < 1.29 is 9.53 Å². The fourth-order valence-corrected chi connectivity index (χ4v) is 2.34. The van der Waals surface area contributed by atoms with Crippen molar-refractivity contribution in [3.8, 4) is 0 Å². The van der Waals surface area contributed by atoms with Gasteiger partial charge in [-0.2, -0.15) is 0 Å². The molecule has 2 atom stereocenters. The molecule has 0 radical (unpaired) electrons. The van der Waals surface area contributed by atoms with E-state index in [1.165, 1.54) is 0 Å². The summed E-state index contributed by atoms with van der Waals surface area (Å²) in [6.45, 7) is 2.81. The number of ether oxygens (including phenoxy) is 1. The lowest BCUT2D eigenvalue weighted by atomic mass is 10.1. The van der Waals surface area contributed by atoms with Crippen LogP contribution in [0.3, 0.4) is 0 Å². The van der Waals surface area contributed by atoms with Crippen molar-refractivity contribution in [3.05, 3.63) is 33.4 Å². The van der Waals surface area contributed by atoms with E-state index in [9.17, 15) is 4.79 Å². The molecule has 1 aliphatic heterocycles. The maximum absolute atomic E-state index is 12.0. The molecule has 4 heteroatoms. The van der Waals surface area contributed by atoms with Gasteiger partial charge in [0.2, 0.25) is 0 Å². The van der Waals surface area contributed by atoms with Crippen LogP contribution in [0.25, 0.3) is 0 Å². The zero-order chi connectivity index (χ0) is 12.3. The highest BCUT2D eigenvalue weighted by Gasteiger charge is 2.23. The molecule has 92 valence electrons. The molecule has 1 N–H and O–H groups in total. The van der Waals surface area contributed by atoms with Gasteiger partial charge in [0.1, 0.15) is 0 Å². The zero-order valence-electron chi connectivity index (χ0n) is 9.78. The largest absolute Gasteiger partial charge is 0.376 e. The standard InChI is InChI=1S/C13H16INO2/c1-9(12-3-2-8-17-12)15-13(16)10-4-6-11(14)7-5-10/h4-7,9,12H,2-3,8H2,1H3,(H,15,16). The van der Waals surface area contributed by atoms with E-state index in [-0.39, 0.29) is 18.1 Å². The van der Waals surface area contributed by atoms with Crippen LogP contribution in [-0.4, -0.2) is 24.7 Å². The number of amides is 1. The minimum absolute atomic E-state index is 0.0237. The summed E-state index contributed by atoms with van der Waals surface area (Å²) >= 11 is 2.22. The van der Waals surface area contributed by atoms with Crippen molar-refractivity contribution in [2.24, 2.45) is 0 Å². The second kappa shape index (κ2) is 5.82. The van der Waals surface area contributed by atoms with Gasteiger partial charge in [0.15, 0.2) is 0 Å². The van der Waals surface area contributed by atoms with Crippen molar-refractivity contribution in [1.29, 1.82) is 0 Å². The highest BCUT2D eigenvalue weighted by atomic mass is 127. The molecular formula is C13H16INO2. The van der Waals surface area contributed by atoms with E-state index in [1.807, 2.05) is 31.2 Å².